The lowest BCUT2D eigenvalue weighted by molar-refractivity contribution is -0.142. The Balaban J connectivity index is 1.76. The number of aromatic nitrogens is 2. The number of halogens is 6. The largest absolute Gasteiger partial charge is 0.435 e. The Hall–Kier alpha value is -3.68. The van der Waals surface area contributed by atoms with Gasteiger partial charge in [-0.05, 0) is 55.7 Å². The zero-order valence-electron chi connectivity index (χ0n) is 19.2. The maximum Gasteiger partial charge on any atom is 0.435 e. The Morgan fingerprint density at radius 2 is 1.81 bits per heavy atom. The second-order valence-corrected chi connectivity index (χ2v) is 10.6. The van der Waals surface area contributed by atoms with Crippen LogP contribution in [0.1, 0.15) is 40.0 Å². The molecule has 0 bridgehead atoms. The molecule has 2 aromatic carbocycles. The second-order valence-electron chi connectivity index (χ2n) is 8.48. The van der Waals surface area contributed by atoms with Crippen LogP contribution in [-0.4, -0.2) is 26.6 Å². The van der Waals surface area contributed by atoms with Crippen molar-refractivity contribution in [3.8, 4) is 11.6 Å². The molecule has 4 rings (SSSR count). The van der Waals surface area contributed by atoms with Gasteiger partial charge >= 0.3 is 6.18 Å². The van der Waals surface area contributed by atoms with E-state index >= 15 is 0 Å². The van der Waals surface area contributed by atoms with Crippen LogP contribution in [0.3, 0.4) is 0 Å². The molecule has 2 N–H and O–H groups in total. The van der Waals surface area contributed by atoms with Gasteiger partial charge in [0, 0.05) is 22.4 Å². The van der Waals surface area contributed by atoms with Crippen LogP contribution in [0.25, 0.3) is 0 Å². The maximum absolute atomic E-state index is 14.7. The Morgan fingerprint density at radius 1 is 1.14 bits per heavy atom. The third kappa shape index (κ3) is 5.24. The van der Waals surface area contributed by atoms with Gasteiger partial charge in [0.25, 0.3) is 11.8 Å². The lowest BCUT2D eigenvalue weighted by Gasteiger charge is -2.17. The van der Waals surface area contributed by atoms with Gasteiger partial charge in [-0.2, -0.15) is 17.6 Å². The summed E-state index contributed by atoms with van der Waals surface area (Å²) in [5, 5.41) is 8.62. The fourth-order valence-electron chi connectivity index (χ4n) is 3.56. The second kappa shape index (κ2) is 9.01. The van der Waals surface area contributed by atoms with Crippen molar-refractivity contribution in [1.29, 1.82) is 4.78 Å². The summed E-state index contributed by atoms with van der Waals surface area (Å²) in [5.41, 5.74) is -5.56. The van der Waals surface area contributed by atoms with Crippen LogP contribution in [-0.2, 0) is 21.6 Å². The summed E-state index contributed by atoms with van der Waals surface area (Å²) < 4.78 is 109. The highest BCUT2D eigenvalue weighted by atomic mass is 32.2. The lowest BCUT2D eigenvalue weighted by atomic mass is 10.1. The van der Waals surface area contributed by atoms with E-state index in [-0.39, 0.29) is 23.4 Å². The zero-order valence-corrected chi connectivity index (χ0v) is 20.0. The number of nitrogens with one attached hydrogen (secondary N) is 2. The number of hydrogen-bond acceptors (Lipinski definition) is 6. The van der Waals surface area contributed by atoms with Crippen molar-refractivity contribution < 1.29 is 40.1 Å². The summed E-state index contributed by atoms with van der Waals surface area (Å²) in [5.74, 6) is -6.06. The zero-order chi connectivity index (χ0) is 27.3. The van der Waals surface area contributed by atoms with Crippen molar-refractivity contribution in [2.75, 3.05) is 11.6 Å². The average Bonchev–Trinajstić information content (AvgIpc) is 3.53. The molecule has 0 aliphatic heterocycles. The van der Waals surface area contributed by atoms with Gasteiger partial charge in [-0.1, -0.05) is 6.07 Å². The van der Waals surface area contributed by atoms with Crippen molar-refractivity contribution in [1.82, 2.24) is 10.2 Å². The summed E-state index contributed by atoms with van der Waals surface area (Å²) in [6.07, 6.45) is -3.86. The summed E-state index contributed by atoms with van der Waals surface area (Å²) in [7, 11) is -3.18. The van der Waals surface area contributed by atoms with Crippen LogP contribution in [0.15, 0.2) is 41.3 Å². The topological polar surface area (TPSA) is 105 Å². The van der Waals surface area contributed by atoms with Crippen molar-refractivity contribution in [2.45, 2.75) is 36.5 Å². The van der Waals surface area contributed by atoms with Crippen molar-refractivity contribution >= 4 is 21.3 Å². The molecule has 1 fully saturated rings. The van der Waals surface area contributed by atoms with Crippen molar-refractivity contribution in [3.05, 3.63) is 70.4 Å². The number of hydrogen-bond donors (Lipinski definition) is 2. The molecular weight excluding hydrogens is 526 g/mol. The smallest absolute Gasteiger partial charge is 0.434 e. The summed E-state index contributed by atoms with van der Waals surface area (Å²) in [6, 6.07) is 7.08. The number of amides is 1. The number of carbonyl (C=O) groups excluding carboxylic acids is 1. The van der Waals surface area contributed by atoms with E-state index in [9.17, 15) is 35.3 Å². The van der Waals surface area contributed by atoms with E-state index in [1.54, 1.807) is 0 Å². The predicted molar refractivity (Wildman–Crippen MR) is 120 cm³/mol. The molecule has 14 heteroatoms. The van der Waals surface area contributed by atoms with Gasteiger partial charge in [0.2, 0.25) is 5.82 Å². The maximum atomic E-state index is 14.7. The van der Waals surface area contributed by atoms with Gasteiger partial charge in [0.05, 0.1) is 9.73 Å². The minimum atomic E-state index is -5.01. The summed E-state index contributed by atoms with van der Waals surface area (Å²) >= 11 is 0. The number of alkyl halides is 4. The first-order valence-electron chi connectivity index (χ1n) is 10.6. The Kier molecular flexibility index (Phi) is 6.42. The Morgan fingerprint density at radius 3 is 2.41 bits per heavy atom. The molecule has 1 amide bonds. The molecule has 1 aromatic heterocycles. The molecule has 196 valence electrons. The molecule has 1 atom stereocenters. The molecule has 37 heavy (non-hydrogen) atoms. The van der Waals surface area contributed by atoms with Crippen molar-refractivity contribution in [3.63, 3.8) is 0 Å². The first-order valence-corrected chi connectivity index (χ1v) is 12.5. The van der Waals surface area contributed by atoms with Gasteiger partial charge in [-0.15, -0.1) is 10.2 Å². The van der Waals surface area contributed by atoms with Crippen molar-refractivity contribution in [2.24, 2.45) is 0 Å². The lowest BCUT2D eigenvalue weighted by Crippen LogP contribution is -2.21. The predicted octanol–water partition coefficient (Wildman–Crippen LogP) is 6.12. The molecule has 0 spiro atoms. The van der Waals surface area contributed by atoms with Crippen LogP contribution >= 0.6 is 0 Å². The first-order chi connectivity index (χ1) is 17.1. The van der Waals surface area contributed by atoms with Crippen LogP contribution in [0, 0.1) is 23.3 Å². The highest BCUT2D eigenvalue weighted by molar-refractivity contribution is 7.91. The number of benzene rings is 2. The van der Waals surface area contributed by atoms with E-state index in [2.05, 4.69) is 15.5 Å². The molecule has 1 heterocycles. The van der Waals surface area contributed by atoms with E-state index in [0.29, 0.717) is 0 Å². The average molecular weight is 544 g/mol. The van der Waals surface area contributed by atoms with Gasteiger partial charge in [-0.25, -0.2) is 17.8 Å². The van der Waals surface area contributed by atoms with Crippen LogP contribution in [0.4, 0.5) is 32.0 Å². The molecule has 1 unspecified atom stereocenters. The molecule has 1 saturated carbocycles. The van der Waals surface area contributed by atoms with Gasteiger partial charge in [0.15, 0.2) is 17.3 Å². The van der Waals surface area contributed by atoms with E-state index in [0.717, 1.165) is 25.3 Å². The first kappa shape index (κ1) is 26.4. The van der Waals surface area contributed by atoms with Crippen LogP contribution < -0.4 is 10.1 Å². The third-order valence-corrected chi connectivity index (χ3v) is 6.80. The minimum absolute atomic E-state index is 0.00582. The molecule has 1 aliphatic rings. The number of anilines is 1. The van der Waals surface area contributed by atoms with Crippen LogP contribution in [0.2, 0.25) is 0 Å². The third-order valence-electron chi connectivity index (χ3n) is 5.65. The molecular formula is C23H18F6N4O3S. The normalized spacial score (nSPS) is 16.1. The number of rotatable bonds is 6. The van der Waals surface area contributed by atoms with E-state index in [1.165, 1.54) is 24.3 Å². The van der Waals surface area contributed by atoms with E-state index in [4.69, 9.17) is 9.52 Å². The van der Waals surface area contributed by atoms with Gasteiger partial charge in [0.1, 0.15) is 11.2 Å². The molecule has 7 nitrogen and oxygen atoms in total. The summed E-state index contributed by atoms with van der Waals surface area (Å²) in [6.45, 7) is 0.915. The van der Waals surface area contributed by atoms with Crippen LogP contribution in [0.5, 0.6) is 11.6 Å². The van der Waals surface area contributed by atoms with Gasteiger partial charge < -0.3 is 10.1 Å². The highest BCUT2D eigenvalue weighted by Crippen LogP contribution is 2.51. The standard InChI is InChI=1S/C23H18F6N4O3S/c1-11-16(20(34)31-12-4-3-5-13(10-12)37(2,30)35)21(33-32-19(11)23(27,28)29)36-15-7-6-14(17(24)18(15)25)22(26)8-9-22/h3-7,10,30H,8-9H2,1-2H3,(H,31,34). The fourth-order valence-corrected chi connectivity index (χ4v) is 4.25. The fraction of sp³-hybridized carbons (Fsp3) is 0.261. The Labute approximate surface area is 206 Å². The monoisotopic (exact) mass is 544 g/mol. The van der Waals surface area contributed by atoms with E-state index in [1.807, 2.05) is 0 Å². The number of ether oxygens (including phenoxy) is 1. The SMILES string of the molecule is Cc1c(C(F)(F)F)nnc(Oc2ccc(C3(F)CC3)c(F)c2F)c1C(=O)Nc1cccc(S(C)(=N)=O)c1. The quantitative estimate of drug-likeness (QED) is 0.364. The number of carbonyl (C=O) groups is 1. The molecule has 1 aliphatic carbocycles. The molecule has 0 radical (unpaired) electrons. The Bertz CT molecular complexity index is 1520. The summed E-state index contributed by atoms with van der Waals surface area (Å²) in [4.78, 5) is 13.1. The van der Waals surface area contributed by atoms with Gasteiger partial charge in [-0.3, -0.25) is 4.79 Å². The molecule has 3 aromatic rings. The van der Waals surface area contributed by atoms with E-state index < -0.39 is 73.1 Å². The highest BCUT2D eigenvalue weighted by Gasteiger charge is 2.48. The molecule has 0 saturated heterocycles. The minimum Gasteiger partial charge on any atom is -0.434 e. The number of nitrogens with zero attached hydrogens (tertiary/aromatic N) is 2.